The number of hydrogen-bond acceptors (Lipinski definition) is 3. The summed E-state index contributed by atoms with van der Waals surface area (Å²) in [6.07, 6.45) is 4.73. The van der Waals surface area contributed by atoms with Crippen molar-refractivity contribution in [2.24, 2.45) is 0 Å². The fraction of sp³-hybridized carbons (Fsp3) is 0.571. The highest BCUT2D eigenvalue weighted by atomic mass is 32.2. The van der Waals surface area contributed by atoms with Gasteiger partial charge < -0.3 is 10.0 Å². The van der Waals surface area contributed by atoms with Gasteiger partial charge in [0.15, 0.2) is 0 Å². The maximum atomic E-state index is 10.1. The molecule has 1 N–H and O–H groups in total. The Labute approximate surface area is 71.1 Å². The van der Waals surface area contributed by atoms with Crippen LogP contribution in [-0.2, 0) is 4.79 Å². The second kappa shape index (κ2) is 6.09. The Balaban J connectivity index is 3.50. The molecule has 0 aliphatic carbocycles. The summed E-state index contributed by atoms with van der Waals surface area (Å²) < 4.78 is 0. The fourth-order valence-corrected chi connectivity index (χ4v) is 0.971. The van der Waals surface area contributed by atoms with Crippen LogP contribution in [0.15, 0.2) is 12.3 Å². The van der Waals surface area contributed by atoms with Gasteiger partial charge in [0.1, 0.15) is 0 Å². The van der Waals surface area contributed by atoms with Gasteiger partial charge in [-0.3, -0.25) is 0 Å². The minimum atomic E-state index is -0.902. The van der Waals surface area contributed by atoms with E-state index < -0.39 is 5.97 Å². The number of thioether (sulfide) groups is 1. The van der Waals surface area contributed by atoms with Crippen molar-refractivity contribution in [2.75, 3.05) is 25.6 Å². The molecule has 3 nitrogen and oxygen atoms in total. The molecule has 0 fully saturated rings. The van der Waals surface area contributed by atoms with E-state index in [1.54, 1.807) is 18.0 Å². The summed E-state index contributed by atoms with van der Waals surface area (Å²) >= 11 is 1.74. The lowest BCUT2D eigenvalue weighted by atomic mass is 10.5. The fourth-order valence-electron chi connectivity index (χ4n) is 0.501. The third-order valence-corrected chi connectivity index (χ3v) is 1.71. The van der Waals surface area contributed by atoms with Crippen LogP contribution in [0.2, 0.25) is 0 Å². The van der Waals surface area contributed by atoms with Gasteiger partial charge in [0.25, 0.3) is 0 Å². The third kappa shape index (κ3) is 7.25. The molecule has 0 heterocycles. The molecule has 0 unspecified atom stereocenters. The lowest BCUT2D eigenvalue weighted by Gasteiger charge is -2.11. The Bertz CT molecular complexity index is 147. The molecule has 11 heavy (non-hydrogen) atoms. The molecule has 4 heteroatoms. The number of aliphatic carboxylic acids is 1. The smallest absolute Gasteiger partial charge is 0.329 e. The van der Waals surface area contributed by atoms with Crippen molar-refractivity contribution in [2.45, 2.75) is 0 Å². The number of hydrogen-bond donors (Lipinski definition) is 1. The maximum Gasteiger partial charge on any atom is 0.329 e. The van der Waals surface area contributed by atoms with Crippen LogP contribution in [0.5, 0.6) is 0 Å². The highest BCUT2D eigenvalue weighted by molar-refractivity contribution is 7.98. The van der Waals surface area contributed by atoms with E-state index in [0.29, 0.717) is 0 Å². The van der Waals surface area contributed by atoms with Gasteiger partial charge in [-0.25, -0.2) is 4.79 Å². The zero-order chi connectivity index (χ0) is 8.69. The third-order valence-electron chi connectivity index (χ3n) is 1.12. The number of carbonyl (C=O) groups is 1. The van der Waals surface area contributed by atoms with E-state index in [-0.39, 0.29) is 0 Å². The molecule has 0 atom stereocenters. The molecule has 0 aromatic heterocycles. The van der Waals surface area contributed by atoms with Crippen LogP contribution < -0.4 is 0 Å². The van der Waals surface area contributed by atoms with Crippen molar-refractivity contribution >= 4 is 17.7 Å². The zero-order valence-electron chi connectivity index (χ0n) is 6.78. The molecular weight excluding hydrogens is 162 g/mol. The second-order valence-corrected chi connectivity index (χ2v) is 3.11. The molecule has 0 aromatic rings. The maximum absolute atomic E-state index is 10.1. The SMILES string of the molecule is CSCCN(C)/C=C/C(=O)O. The van der Waals surface area contributed by atoms with Gasteiger partial charge in [0.05, 0.1) is 0 Å². The molecule has 0 rings (SSSR count). The molecule has 64 valence electrons. The van der Waals surface area contributed by atoms with Gasteiger partial charge in [-0.1, -0.05) is 0 Å². The largest absolute Gasteiger partial charge is 0.478 e. The molecular formula is C7H13NO2S. The summed E-state index contributed by atoms with van der Waals surface area (Å²) in [6.45, 7) is 0.880. The summed E-state index contributed by atoms with van der Waals surface area (Å²) in [4.78, 5) is 11.9. The van der Waals surface area contributed by atoms with E-state index in [4.69, 9.17) is 5.11 Å². The van der Waals surface area contributed by atoms with Crippen molar-refractivity contribution in [3.8, 4) is 0 Å². The number of rotatable bonds is 5. The van der Waals surface area contributed by atoms with Gasteiger partial charge in [-0.05, 0) is 6.26 Å². The van der Waals surface area contributed by atoms with Crippen LogP contribution in [0.4, 0.5) is 0 Å². The first-order valence-corrected chi connectivity index (χ1v) is 4.66. The van der Waals surface area contributed by atoms with Crippen LogP contribution in [0, 0.1) is 0 Å². The normalized spacial score (nSPS) is 10.4. The molecule has 0 bridgehead atoms. The monoisotopic (exact) mass is 175 g/mol. The lowest BCUT2D eigenvalue weighted by Crippen LogP contribution is -2.14. The van der Waals surface area contributed by atoms with E-state index in [0.717, 1.165) is 18.4 Å². The topological polar surface area (TPSA) is 40.5 Å². The minimum Gasteiger partial charge on any atom is -0.478 e. The lowest BCUT2D eigenvalue weighted by molar-refractivity contribution is -0.131. The first-order valence-electron chi connectivity index (χ1n) is 3.27. The Hall–Kier alpha value is -0.640. The van der Waals surface area contributed by atoms with E-state index in [9.17, 15) is 4.79 Å². The molecule has 0 radical (unpaired) electrons. The van der Waals surface area contributed by atoms with E-state index >= 15 is 0 Å². The van der Waals surface area contributed by atoms with E-state index in [2.05, 4.69) is 0 Å². The summed E-state index contributed by atoms with van der Waals surface area (Å²) in [5.41, 5.74) is 0. The van der Waals surface area contributed by atoms with E-state index in [1.807, 2.05) is 18.2 Å². The molecule has 0 spiro atoms. The predicted octanol–water partition coefficient (Wildman–Crippen LogP) is 0.879. The van der Waals surface area contributed by atoms with E-state index in [1.165, 1.54) is 0 Å². The highest BCUT2D eigenvalue weighted by Crippen LogP contribution is 1.93. The molecule has 0 aliphatic rings. The average molecular weight is 175 g/mol. The summed E-state index contributed by atoms with van der Waals surface area (Å²) in [5, 5.41) is 8.27. The minimum absolute atomic E-state index is 0.880. The first-order chi connectivity index (χ1) is 5.16. The second-order valence-electron chi connectivity index (χ2n) is 2.13. The molecule has 0 saturated carbocycles. The van der Waals surface area contributed by atoms with Gasteiger partial charge in [-0.2, -0.15) is 11.8 Å². The standard InChI is InChI=1S/C7H13NO2S/c1-8(5-6-11-2)4-3-7(9)10/h3-4H,5-6H2,1-2H3,(H,9,10)/b4-3+. The molecule has 0 aromatic carbocycles. The van der Waals surface area contributed by atoms with Crippen LogP contribution in [0.3, 0.4) is 0 Å². The predicted molar refractivity (Wildman–Crippen MR) is 47.8 cm³/mol. The van der Waals surface area contributed by atoms with Crippen molar-refractivity contribution in [1.29, 1.82) is 0 Å². The van der Waals surface area contributed by atoms with Crippen molar-refractivity contribution < 1.29 is 9.90 Å². The van der Waals surface area contributed by atoms with Crippen molar-refractivity contribution in [1.82, 2.24) is 4.90 Å². The number of carboxylic acids is 1. The Morgan fingerprint density at radius 3 is 2.82 bits per heavy atom. The number of carboxylic acid groups (broad SMARTS) is 1. The highest BCUT2D eigenvalue weighted by Gasteiger charge is 1.90. The van der Waals surface area contributed by atoms with Gasteiger partial charge >= 0.3 is 5.97 Å². The summed E-state index contributed by atoms with van der Waals surface area (Å²) in [6, 6.07) is 0. The van der Waals surface area contributed by atoms with Crippen LogP contribution >= 0.6 is 11.8 Å². The van der Waals surface area contributed by atoms with Gasteiger partial charge in [0.2, 0.25) is 0 Å². The van der Waals surface area contributed by atoms with Crippen LogP contribution in [0.1, 0.15) is 0 Å². The Morgan fingerprint density at radius 2 is 2.36 bits per heavy atom. The quantitative estimate of drug-likeness (QED) is 0.630. The van der Waals surface area contributed by atoms with Crippen molar-refractivity contribution in [3.63, 3.8) is 0 Å². The first kappa shape index (κ1) is 10.4. The van der Waals surface area contributed by atoms with Crippen molar-refractivity contribution in [3.05, 3.63) is 12.3 Å². The Morgan fingerprint density at radius 1 is 1.73 bits per heavy atom. The molecule has 0 aliphatic heterocycles. The van der Waals surface area contributed by atoms with Crippen LogP contribution in [-0.4, -0.2) is 41.6 Å². The molecule has 0 saturated heterocycles. The molecule has 0 amide bonds. The van der Waals surface area contributed by atoms with Crippen LogP contribution in [0.25, 0.3) is 0 Å². The number of nitrogens with zero attached hydrogens (tertiary/aromatic N) is 1. The summed E-state index contributed by atoms with van der Waals surface area (Å²) in [5.74, 6) is 0.112. The summed E-state index contributed by atoms with van der Waals surface area (Å²) in [7, 11) is 1.86. The zero-order valence-corrected chi connectivity index (χ0v) is 7.60. The van der Waals surface area contributed by atoms with Gasteiger partial charge in [-0.15, -0.1) is 0 Å². The Kier molecular flexibility index (Phi) is 5.74. The average Bonchev–Trinajstić information content (AvgIpc) is 1.97. The van der Waals surface area contributed by atoms with Gasteiger partial charge in [0, 0.05) is 31.6 Å².